The van der Waals surface area contributed by atoms with E-state index in [2.05, 4.69) is 5.32 Å². The van der Waals surface area contributed by atoms with E-state index in [1.54, 1.807) is 6.07 Å². The molecule has 1 aliphatic rings. The van der Waals surface area contributed by atoms with Crippen LogP contribution in [0.1, 0.15) is 36.0 Å². The second kappa shape index (κ2) is 9.44. The van der Waals surface area contributed by atoms with Crippen molar-refractivity contribution in [3.8, 4) is 0 Å². The minimum Gasteiger partial charge on any atom is -0.356 e. The van der Waals surface area contributed by atoms with E-state index in [9.17, 15) is 9.59 Å². The van der Waals surface area contributed by atoms with Crippen molar-refractivity contribution in [2.24, 2.45) is 0 Å². The number of likely N-dealkylation sites (tertiary alicyclic amines) is 1. The molecule has 0 aromatic heterocycles. The van der Waals surface area contributed by atoms with Gasteiger partial charge in [-0.3, -0.25) is 9.59 Å². The molecular weight excluding hydrogens is 395 g/mol. The summed E-state index contributed by atoms with van der Waals surface area (Å²) in [5.74, 6) is 0.0860. The van der Waals surface area contributed by atoms with Crippen molar-refractivity contribution in [3.05, 3.63) is 69.2 Å². The maximum absolute atomic E-state index is 12.4. The van der Waals surface area contributed by atoms with E-state index >= 15 is 0 Å². The van der Waals surface area contributed by atoms with E-state index in [1.165, 1.54) is 5.56 Å². The lowest BCUT2D eigenvalue weighted by atomic mass is 10.1. The fraction of sp³-hybridized carbons (Fsp3) is 0.364. The van der Waals surface area contributed by atoms with Gasteiger partial charge in [-0.15, -0.1) is 0 Å². The Morgan fingerprint density at radius 2 is 1.82 bits per heavy atom. The lowest BCUT2D eigenvalue weighted by molar-refractivity contribution is -0.130. The lowest BCUT2D eigenvalue weighted by Crippen LogP contribution is -2.37. The van der Waals surface area contributed by atoms with Crippen LogP contribution in [0.3, 0.4) is 0 Å². The van der Waals surface area contributed by atoms with Crippen molar-refractivity contribution in [1.82, 2.24) is 10.2 Å². The van der Waals surface area contributed by atoms with Crippen LogP contribution in [-0.2, 0) is 22.6 Å². The number of hydrogen-bond acceptors (Lipinski definition) is 2. The smallest absolute Gasteiger partial charge is 0.223 e. The fourth-order valence-electron chi connectivity index (χ4n) is 3.44. The molecule has 2 aromatic carbocycles. The highest BCUT2D eigenvalue weighted by atomic mass is 35.5. The Balaban J connectivity index is 1.49. The third-order valence-electron chi connectivity index (χ3n) is 5.07. The molecule has 0 spiro atoms. The molecule has 0 bridgehead atoms. The summed E-state index contributed by atoms with van der Waals surface area (Å²) < 4.78 is 0. The molecular formula is C22H24Cl2N2O2. The zero-order valence-corrected chi connectivity index (χ0v) is 17.4. The van der Waals surface area contributed by atoms with Gasteiger partial charge in [0.1, 0.15) is 0 Å². The van der Waals surface area contributed by atoms with Crippen molar-refractivity contribution in [3.63, 3.8) is 0 Å². The van der Waals surface area contributed by atoms with Gasteiger partial charge in [-0.05, 0) is 43.0 Å². The number of halogens is 2. The summed E-state index contributed by atoms with van der Waals surface area (Å²) in [7, 11) is 0. The van der Waals surface area contributed by atoms with Gasteiger partial charge in [0.25, 0.3) is 0 Å². The minimum atomic E-state index is -0.0428. The summed E-state index contributed by atoms with van der Waals surface area (Å²) >= 11 is 11.9. The number of nitrogens with zero attached hydrogens (tertiary/aromatic N) is 1. The Morgan fingerprint density at radius 3 is 2.54 bits per heavy atom. The van der Waals surface area contributed by atoms with Gasteiger partial charge in [0.05, 0.1) is 10.0 Å². The molecule has 1 saturated heterocycles. The minimum absolute atomic E-state index is 0.0336. The van der Waals surface area contributed by atoms with E-state index in [-0.39, 0.29) is 17.9 Å². The van der Waals surface area contributed by atoms with Crippen molar-refractivity contribution in [2.75, 3.05) is 6.54 Å². The van der Waals surface area contributed by atoms with Crippen LogP contribution in [0, 0.1) is 6.92 Å². The Labute approximate surface area is 175 Å². The predicted octanol–water partition coefficient (Wildman–Crippen LogP) is 4.54. The molecule has 1 N–H and O–H groups in total. The van der Waals surface area contributed by atoms with Gasteiger partial charge in [-0.25, -0.2) is 0 Å². The molecule has 2 aromatic rings. The number of aryl methyl sites for hydroxylation is 1. The maximum Gasteiger partial charge on any atom is 0.223 e. The third kappa shape index (κ3) is 5.49. The van der Waals surface area contributed by atoms with Gasteiger partial charge in [0.15, 0.2) is 0 Å². The van der Waals surface area contributed by atoms with Crippen molar-refractivity contribution in [2.45, 2.75) is 45.2 Å². The third-order valence-corrected chi connectivity index (χ3v) is 5.81. The molecule has 2 amide bonds. The molecule has 4 nitrogen and oxygen atoms in total. The van der Waals surface area contributed by atoms with E-state index in [0.29, 0.717) is 42.4 Å². The van der Waals surface area contributed by atoms with Crippen LogP contribution in [0.5, 0.6) is 0 Å². The normalized spacial score (nSPS) is 16.5. The van der Waals surface area contributed by atoms with Gasteiger partial charge in [-0.1, -0.05) is 59.1 Å². The number of rotatable bonds is 7. The number of amides is 2. The number of nitrogens with one attached hydrogen (secondary N) is 1. The van der Waals surface area contributed by atoms with Gasteiger partial charge in [-0.2, -0.15) is 0 Å². The largest absolute Gasteiger partial charge is 0.356 e. The summed E-state index contributed by atoms with van der Waals surface area (Å²) in [5, 5.41) is 3.98. The van der Waals surface area contributed by atoms with Gasteiger partial charge < -0.3 is 10.2 Å². The Bertz CT molecular complexity index is 852. The fourth-order valence-corrected chi connectivity index (χ4v) is 3.76. The molecule has 0 radical (unpaired) electrons. The SMILES string of the molecule is Cc1ccc(CN2C(=O)CCC2CC(=O)NCCc2ccc(Cl)c(Cl)c2)cc1. The number of carbonyl (C=O) groups excluding carboxylic acids is 2. The molecule has 1 fully saturated rings. The number of carbonyl (C=O) groups is 2. The van der Waals surface area contributed by atoms with Crippen molar-refractivity contribution in [1.29, 1.82) is 0 Å². The first-order valence-corrected chi connectivity index (χ1v) is 10.2. The molecule has 1 heterocycles. The van der Waals surface area contributed by atoms with E-state index < -0.39 is 0 Å². The average molecular weight is 419 g/mol. The quantitative estimate of drug-likeness (QED) is 0.716. The summed E-state index contributed by atoms with van der Waals surface area (Å²) in [4.78, 5) is 26.5. The molecule has 1 atom stereocenters. The summed E-state index contributed by atoms with van der Waals surface area (Å²) in [6.07, 6.45) is 2.25. The molecule has 1 aliphatic heterocycles. The Kier molecular flexibility index (Phi) is 6.97. The average Bonchev–Trinajstić information content (AvgIpc) is 3.00. The Hall–Kier alpha value is -2.04. The summed E-state index contributed by atoms with van der Waals surface area (Å²) in [5.41, 5.74) is 3.30. The first-order chi connectivity index (χ1) is 13.4. The van der Waals surface area contributed by atoms with Crippen LogP contribution in [0.25, 0.3) is 0 Å². The molecule has 6 heteroatoms. The highest BCUT2D eigenvalue weighted by molar-refractivity contribution is 6.42. The second-order valence-electron chi connectivity index (χ2n) is 7.25. The molecule has 1 unspecified atom stereocenters. The van der Waals surface area contributed by atoms with Gasteiger partial charge >= 0.3 is 0 Å². The molecule has 148 valence electrons. The van der Waals surface area contributed by atoms with Crippen LogP contribution < -0.4 is 5.32 Å². The molecule has 0 aliphatic carbocycles. The highest BCUT2D eigenvalue weighted by Gasteiger charge is 2.32. The van der Waals surface area contributed by atoms with Crippen LogP contribution in [0.4, 0.5) is 0 Å². The first kappa shape index (κ1) is 20.7. The second-order valence-corrected chi connectivity index (χ2v) is 8.07. The van der Waals surface area contributed by atoms with E-state index in [1.807, 2.05) is 48.2 Å². The van der Waals surface area contributed by atoms with Crippen molar-refractivity contribution < 1.29 is 9.59 Å². The van der Waals surface area contributed by atoms with Gasteiger partial charge in [0, 0.05) is 32.0 Å². The Morgan fingerprint density at radius 1 is 1.11 bits per heavy atom. The van der Waals surface area contributed by atoms with E-state index in [4.69, 9.17) is 23.2 Å². The molecule has 0 saturated carbocycles. The number of benzene rings is 2. The zero-order chi connectivity index (χ0) is 20.1. The highest BCUT2D eigenvalue weighted by Crippen LogP contribution is 2.24. The first-order valence-electron chi connectivity index (χ1n) is 9.48. The lowest BCUT2D eigenvalue weighted by Gasteiger charge is -2.24. The van der Waals surface area contributed by atoms with Gasteiger partial charge in [0.2, 0.25) is 11.8 Å². The topological polar surface area (TPSA) is 49.4 Å². The standard InChI is InChI=1S/C22H24Cl2N2O2/c1-15-2-4-17(5-3-15)14-26-18(7-9-22(26)28)13-21(27)25-11-10-16-6-8-19(23)20(24)12-16/h2-6,8,12,18H,7,9-11,13-14H2,1H3,(H,25,27). The van der Waals surface area contributed by atoms with Crippen molar-refractivity contribution >= 4 is 35.0 Å². The van der Waals surface area contributed by atoms with Crippen LogP contribution in [0.2, 0.25) is 10.0 Å². The van der Waals surface area contributed by atoms with E-state index in [0.717, 1.165) is 17.5 Å². The van der Waals surface area contributed by atoms with Crippen LogP contribution in [0.15, 0.2) is 42.5 Å². The summed E-state index contributed by atoms with van der Waals surface area (Å²) in [6, 6.07) is 13.6. The summed E-state index contributed by atoms with van der Waals surface area (Å²) in [6.45, 7) is 3.12. The van der Waals surface area contributed by atoms with Crippen LogP contribution in [-0.4, -0.2) is 29.3 Å². The molecule has 3 rings (SSSR count). The zero-order valence-electron chi connectivity index (χ0n) is 15.9. The number of hydrogen-bond donors (Lipinski definition) is 1. The molecule has 28 heavy (non-hydrogen) atoms. The maximum atomic E-state index is 12.4. The predicted molar refractivity (Wildman–Crippen MR) is 113 cm³/mol. The van der Waals surface area contributed by atoms with Crippen LogP contribution >= 0.6 is 23.2 Å². The monoisotopic (exact) mass is 418 g/mol.